The van der Waals surface area contributed by atoms with Crippen LogP contribution < -0.4 is 20.3 Å². The van der Waals surface area contributed by atoms with Crippen molar-refractivity contribution in [2.24, 2.45) is 0 Å². The molecule has 0 unspecified atom stereocenters. The van der Waals surface area contributed by atoms with Crippen LogP contribution in [0.3, 0.4) is 0 Å². The van der Waals surface area contributed by atoms with Crippen molar-refractivity contribution in [3.05, 3.63) is 64.1 Å². The minimum atomic E-state index is -1.60. The van der Waals surface area contributed by atoms with Crippen molar-refractivity contribution in [1.29, 1.82) is 0 Å². The largest absolute Gasteiger partial charge is 0.488 e. The van der Waals surface area contributed by atoms with Crippen LogP contribution in [0.5, 0.6) is 5.75 Å². The minimum absolute atomic E-state index is 0.129. The number of carbonyl (C=O) groups is 2. The number of nitrogens with one attached hydrogen (secondary N) is 1. The van der Waals surface area contributed by atoms with Gasteiger partial charge in [0.2, 0.25) is 5.43 Å². The van der Waals surface area contributed by atoms with E-state index in [-0.39, 0.29) is 24.3 Å². The highest BCUT2D eigenvalue weighted by Crippen LogP contribution is 2.08. The molecule has 2 N–H and O–H groups in total. The fourth-order valence-corrected chi connectivity index (χ4v) is 2.19. The van der Waals surface area contributed by atoms with Gasteiger partial charge in [-0.2, -0.15) is 4.73 Å². The molecule has 0 saturated carbocycles. The predicted molar refractivity (Wildman–Crippen MR) is 97.3 cm³/mol. The zero-order valence-corrected chi connectivity index (χ0v) is 15.0. The van der Waals surface area contributed by atoms with Gasteiger partial charge in [-0.25, -0.2) is 4.79 Å². The number of carboxylic acid groups (broad SMARTS) is 1. The number of ether oxygens (including phenoxy) is 1. The summed E-state index contributed by atoms with van der Waals surface area (Å²) in [4.78, 5) is 39.9. The topological polar surface area (TPSA) is 107 Å². The molecule has 0 bridgehead atoms. The second-order valence-corrected chi connectivity index (χ2v) is 5.77. The van der Waals surface area contributed by atoms with Gasteiger partial charge in [0, 0.05) is 6.07 Å². The summed E-state index contributed by atoms with van der Waals surface area (Å²) in [6, 6.07) is 10.7. The summed E-state index contributed by atoms with van der Waals surface area (Å²) in [6.07, 6.45) is 3.14. The Morgan fingerprint density at radius 1 is 1.22 bits per heavy atom. The quantitative estimate of drug-likeness (QED) is 0.507. The first-order chi connectivity index (χ1) is 13.0. The van der Waals surface area contributed by atoms with Crippen LogP contribution >= 0.6 is 0 Å². The van der Waals surface area contributed by atoms with E-state index in [1.54, 1.807) is 0 Å². The second-order valence-electron chi connectivity index (χ2n) is 5.77. The standard InChI is InChI=1S/C19H22N2O6/c1-2-3-9-26-17-12-21(27-13-14-7-5-4-6-8-14)15(10-16(17)22)11-20-18(23)19(24)25/h4-8,10,12H,2-3,9,11,13H2,1H3,(H,20,23)(H,24,25). The number of rotatable bonds is 9. The molecule has 1 amide bonds. The average molecular weight is 374 g/mol. The molecular formula is C19H22N2O6. The molecule has 27 heavy (non-hydrogen) atoms. The number of amides is 1. The minimum Gasteiger partial charge on any atom is -0.488 e. The number of benzene rings is 1. The first-order valence-electron chi connectivity index (χ1n) is 8.58. The normalized spacial score (nSPS) is 10.3. The van der Waals surface area contributed by atoms with E-state index in [0.717, 1.165) is 18.4 Å². The zero-order chi connectivity index (χ0) is 19.6. The number of aliphatic carboxylic acids is 1. The fourth-order valence-electron chi connectivity index (χ4n) is 2.19. The van der Waals surface area contributed by atoms with Crippen LogP contribution in [0.1, 0.15) is 31.0 Å². The number of hydrogen-bond donors (Lipinski definition) is 2. The van der Waals surface area contributed by atoms with Gasteiger partial charge in [-0.3, -0.25) is 9.59 Å². The molecule has 8 nitrogen and oxygen atoms in total. The smallest absolute Gasteiger partial charge is 0.394 e. The number of carboxylic acids is 1. The van der Waals surface area contributed by atoms with Crippen LogP contribution in [-0.2, 0) is 22.7 Å². The zero-order valence-electron chi connectivity index (χ0n) is 15.0. The van der Waals surface area contributed by atoms with Gasteiger partial charge in [-0.15, -0.1) is 0 Å². The summed E-state index contributed by atoms with van der Waals surface area (Å²) in [5.41, 5.74) is 0.837. The van der Waals surface area contributed by atoms with E-state index in [4.69, 9.17) is 14.7 Å². The number of unbranched alkanes of at least 4 members (excludes halogenated alkanes) is 1. The van der Waals surface area contributed by atoms with Crippen LogP contribution in [0.15, 0.2) is 47.4 Å². The van der Waals surface area contributed by atoms with Crippen molar-refractivity contribution in [1.82, 2.24) is 10.0 Å². The van der Waals surface area contributed by atoms with E-state index in [1.807, 2.05) is 37.3 Å². The van der Waals surface area contributed by atoms with Gasteiger partial charge >= 0.3 is 11.9 Å². The molecule has 0 saturated heterocycles. The molecule has 2 aromatic rings. The third-order valence-corrected chi connectivity index (χ3v) is 3.65. The summed E-state index contributed by atoms with van der Waals surface area (Å²) in [5.74, 6) is -2.64. The Hall–Kier alpha value is -3.29. The maximum Gasteiger partial charge on any atom is 0.394 e. The van der Waals surface area contributed by atoms with E-state index in [2.05, 4.69) is 5.32 Å². The first-order valence-corrected chi connectivity index (χ1v) is 8.58. The third-order valence-electron chi connectivity index (χ3n) is 3.65. The van der Waals surface area contributed by atoms with E-state index >= 15 is 0 Å². The molecule has 2 rings (SSSR count). The molecule has 144 valence electrons. The average Bonchev–Trinajstić information content (AvgIpc) is 2.67. The lowest BCUT2D eigenvalue weighted by Crippen LogP contribution is -2.32. The molecule has 1 aromatic carbocycles. The lowest BCUT2D eigenvalue weighted by molar-refractivity contribution is -0.150. The molecule has 0 atom stereocenters. The number of aromatic nitrogens is 1. The first kappa shape index (κ1) is 20.0. The SMILES string of the molecule is CCCCOc1cn(OCc2ccccc2)c(CNC(=O)C(=O)O)cc1=O. The Morgan fingerprint density at radius 3 is 2.63 bits per heavy atom. The van der Waals surface area contributed by atoms with Gasteiger partial charge in [0.1, 0.15) is 6.61 Å². The van der Waals surface area contributed by atoms with Crippen molar-refractivity contribution in [2.45, 2.75) is 32.9 Å². The van der Waals surface area contributed by atoms with Crippen molar-refractivity contribution in [3.63, 3.8) is 0 Å². The molecular weight excluding hydrogens is 352 g/mol. The maximum atomic E-state index is 12.2. The van der Waals surface area contributed by atoms with Gasteiger partial charge in [0.05, 0.1) is 25.0 Å². The lowest BCUT2D eigenvalue weighted by atomic mass is 10.2. The molecule has 0 aliphatic rings. The maximum absolute atomic E-state index is 12.2. The summed E-state index contributed by atoms with van der Waals surface area (Å²) < 4.78 is 6.81. The molecule has 0 aliphatic heterocycles. The van der Waals surface area contributed by atoms with Gasteiger partial charge in [-0.05, 0) is 12.0 Å². The molecule has 0 aliphatic carbocycles. The highest BCUT2D eigenvalue weighted by molar-refractivity contribution is 6.31. The second kappa shape index (κ2) is 10.0. The molecule has 0 spiro atoms. The number of nitrogens with zero attached hydrogens (tertiary/aromatic N) is 1. The summed E-state index contributed by atoms with van der Waals surface area (Å²) in [6.45, 7) is 2.46. The van der Waals surface area contributed by atoms with Crippen molar-refractivity contribution in [3.8, 4) is 5.75 Å². The predicted octanol–water partition coefficient (Wildman–Crippen LogP) is 1.36. The summed E-state index contributed by atoms with van der Waals surface area (Å²) in [7, 11) is 0. The van der Waals surface area contributed by atoms with Gasteiger partial charge in [0.15, 0.2) is 5.75 Å². The fraction of sp³-hybridized carbons (Fsp3) is 0.316. The van der Waals surface area contributed by atoms with Crippen LogP contribution in [-0.4, -0.2) is 28.3 Å². The van der Waals surface area contributed by atoms with Crippen molar-refractivity contribution < 1.29 is 24.3 Å². The molecule has 1 aromatic heterocycles. The number of hydrogen-bond acceptors (Lipinski definition) is 5. The highest BCUT2D eigenvalue weighted by Gasteiger charge is 2.14. The summed E-state index contributed by atoms with van der Waals surface area (Å²) in [5, 5.41) is 10.9. The Kier molecular flexibility index (Phi) is 7.42. The van der Waals surface area contributed by atoms with Crippen molar-refractivity contribution in [2.75, 3.05) is 6.61 Å². The van der Waals surface area contributed by atoms with E-state index in [9.17, 15) is 14.4 Å². The Morgan fingerprint density at radius 2 is 1.96 bits per heavy atom. The monoisotopic (exact) mass is 374 g/mol. The number of carbonyl (C=O) groups excluding carboxylic acids is 1. The third kappa shape index (κ3) is 6.18. The van der Waals surface area contributed by atoms with Crippen LogP contribution in [0.2, 0.25) is 0 Å². The van der Waals surface area contributed by atoms with E-state index in [1.165, 1.54) is 17.0 Å². The molecule has 0 radical (unpaired) electrons. The van der Waals surface area contributed by atoms with Gasteiger partial charge in [-0.1, -0.05) is 43.7 Å². The van der Waals surface area contributed by atoms with Crippen molar-refractivity contribution >= 4 is 11.9 Å². The van der Waals surface area contributed by atoms with Crippen LogP contribution in [0.25, 0.3) is 0 Å². The Balaban J connectivity index is 2.20. The van der Waals surface area contributed by atoms with Gasteiger partial charge in [0.25, 0.3) is 0 Å². The van der Waals surface area contributed by atoms with E-state index in [0.29, 0.717) is 12.3 Å². The Bertz CT molecular complexity index is 832. The highest BCUT2D eigenvalue weighted by atomic mass is 16.7. The molecule has 1 heterocycles. The lowest BCUT2D eigenvalue weighted by Gasteiger charge is -2.16. The Labute approximate surface area is 156 Å². The molecule has 0 fully saturated rings. The summed E-state index contributed by atoms with van der Waals surface area (Å²) >= 11 is 0. The number of pyridine rings is 1. The molecule has 8 heteroatoms. The van der Waals surface area contributed by atoms with Gasteiger partial charge < -0.3 is 20.0 Å². The van der Waals surface area contributed by atoms with Crippen LogP contribution in [0.4, 0.5) is 0 Å². The van der Waals surface area contributed by atoms with E-state index < -0.39 is 11.9 Å². The van der Waals surface area contributed by atoms with Crippen LogP contribution in [0, 0.1) is 0 Å².